The zero-order valence-electron chi connectivity index (χ0n) is 38.2. The molecule has 1 fully saturated rings. The van der Waals surface area contributed by atoms with Crippen LogP contribution in [0.1, 0.15) is 77.9 Å². The molecule has 6 unspecified atom stereocenters. The molecule has 15 heteroatoms. The van der Waals surface area contributed by atoms with Gasteiger partial charge < -0.3 is 43.6 Å². The summed E-state index contributed by atoms with van der Waals surface area (Å²) >= 11 is 0. The molecule has 4 aromatic carbocycles. The molecule has 1 heterocycles. The van der Waals surface area contributed by atoms with Gasteiger partial charge in [0, 0.05) is 50.3 Å². The Morgan fingerprint density at radius 2 is 1.69 bits per heavy atom. The van der Waals surface area contributed by atoms with Crippen LogP contribution in [0.25, 0.3) is 0 Å². The number of hydrogen-bond donors (Lipinski definition) is 2. The number of nitro groups is 1. The number of amides is 1. The summed E-state index contributed by atoms with van der Waals surface area (Å²) < 4.78 is 31.6. The van der Waals surface area contributed by atoms with Gasteiger partial charge in [0.1, 0.15) is 41.4 Å². The molecule has 2 N–H and O–H groups in total. The lowest BCUT2D eigenvalue weighted by Gasteiger charge is -2.59. The molecular formula is C52H59N3O12. The average molecular weight is 918 g/mol. The van der Waals surface area contributed by atoms with E-state index in [2.05, 4.69) is 12.7 Å². The summed E-state index contributed by atoms with van der Waals surface area (Å²) in [6, 6.07) is 23.4. The molecule has 4 aromatic rings. The van der Waals surface area contributed by atoms with Crippen molar-refractivity contribution in [3.05, 3.63) is 142 Å². The summed E-state index contributed by atoms with van der Waals surface area (Å²) in [4.78, 5) is 45.4. The van der Waals surface area contributed by atoms with Crippen LogP contribution in [-0.4, -0.2) is 90.9 Å². The van der Waals surface area contributed by atoms with Crippen LogP contribution in [0.15, 0.2) is 114 Å². The number of likely N-dealkylation sites (N-methyl/N-ethyl adjacent to an activating group) is 1. The highest BCUT2D eigenvalue weighted by Gasteiger charge is 2.65. The van der Waals surface area contributed by atoms with Gasteiger partial charge in [0.05, 0.1) is 49.4 Å². The summed E-state index contributed by atoms with van der Waals surface area (Å²) in [5.41, 5.74) is 4.04. The van der Waals surface area contributed by atoms with Crippen LogP contribution in [-0.2, 0) is 27.4 Å². The van der Waals surface area contributed by atoms with Crippen molar-refractivity contribution in [1.29, 1.82) is 0 Å². The van der Waals surface area contributed by atoms with E-state index in [-0.39, 0.29) is 68.6 Å². The average Bonchev–Trinajstić information content (AvgIpc) is 3.34. The van der Waals surface area contributed by atoms with Crippen molar-refractivity contribution in [2.45, 2.75) is 75.7 Å². The number of rotatable bonds is 23. The van der Waals surface area contributed by atoms with Crippen molar-refractivity contribution in [3.63, 3.8) is 0 Å². The highest BCUT2D eigenvalue weighted by atomic mass is 16.7. The smallest absolute Gasteiger partial charge is 0.269 e. The minimum absolute atomic E-state index is 0.0188. The fraction of sp³-hybridized carbons (Fsp3) is 0.404. The van der Waals surface area contributed by atoms with Gasteiger partial charge in [0.25, 0.3) is 5.69 Å². The van der Waals surface area contributed by atoms with Gasteiger partial charge >= 0.3 is 0 Å². The number of non-ortho nitro benzene ring substituents is 1. The number of carbonyl (C=O) groups excluding carboxylic acids is 2. The van der Waals surface area contributed by atoms with Gasteiger partial charge in [-0.25, -0.2) is 0 Å². The predicted molar refractivity (Wildman–Crippen MR) is 251 cm³/mol. The van der Waals surface area contributed by atoms with Crippen LogP contribution in [0.5, 0.6) is 28.7 Å². The van der Waals surface area contributed by atoms with E-state index in [1.165, 1.54) is 19.2 Å². The fourth-order valence-electron chi connectivity index (χ4n) is 9.95. The number of ether oxygens (including phenoxy) is 5. The zero-order chi connectivity index (χ0) is 47.5. The Balaban J connectivity index is 1.40. The molecular weight excluding hydrogens is 859 g/mol. The third-order valence-corrected chi connectivity index (χ3v) is 13.1. The number of nitro benzene ring substituents is 1. The normalized spacial score (nSPS) is 22.0. The molecule has 0 bridgehead atoms. The molecule has 6 atom stereocenters. The predicted octanol–water partition coefficient (Wildman–Crippen LogP) is 8.75. The Kier molecular flexibility index (Phi) is 16.1. The largest absolute Gasteiger partial charge is 0.497 e. The second-order valence-electron chi connectivity index (χ2n) is 17.1. The Hall–Kier alpha value is -6.55. The summed E-state index contributed by atoms with van der Waals surface area (Å²) in [6.45, 7) is 4.22. The van der Waals surface area contributed by atoms with Gasteiger partial charge in [-0.1, -0.05) is 42.3 Å². The number of aldehydes is 1. The molecule has 0 saturated heterocycles. The topological polar surface area (TPSA) is 189 Å². The van der Waals surface area contributed by atoms with Gasteiger partial charge in [-0.2, -0.15) is 0 Å². The van der Waals surface area contributed by atoms with Crippen molar-refractivity contribution in [1.82, 2.24) is 4.90 Å². The van der Waals surface area contributed by atoms with Crippen molar-refractivity contribution in [3.8, 4) is 28.7 Å². The number of hydrogen-bond acceptors (Lipinski definition) is 13. The molecule has 7 rings (SSSR count). The lowest BCUT2D eigenvalue weighted by Crippen LogP contribution is -2.69. The molecule has 0 spiro atoms. The standard InChI is InChI=1S/C52H59N3O12/c1-5-25-64-52-48(54(2)49(59)27-35-11-10-13-39(26-35)62-3)31-45(53-65-33-34-15-17-38(18-16-34)55(60)61)43-29-36(12-6-8-23-56)42(14-7-9-24-57)50(51(43)52)44-30-41(20-22-47(44)67-52)66-40-19-21-46(63-4)37(28-40)32-58/h5,10-11,13,15-22,26,28-30,32,36,42,48,50-51,56-57H,1,6-9,12,14,23-25,27,31,33H2,2-4H3. The molecule has 3 aliphatic rings. The van der Waals surface area contributed by atoms with E-state index in [1.807, 2.05) is 36.4 Å². The number of unbranched alkanes of at least 4 members (excludes halogenated alkanes) is 2. The van der Waals surface area contributed by atoms with Crippen molar-refractivity contribution >= 4 is 23.6 Å². The lowest BCUT2D eigenvalue weighted by molar-refractivity contribution is -0.384. The Labute approximate surface area is 390 Å². The number of carbonyl (C=O) groups is 2. The highest BCUT2D eigenvalue weighted by molar-refractivity contribution is 6.03. The van der Waals surface area contributed by atoms with Gasteiger partial charge in [0.15, 0.2) is 6.29 Å². The second kappa shape index (κ2) is 22.3. The first-order valence-corrected chi connectivity index (χ1v) is 22.7. The third kappa shape index (κ3) is 10.7. The first-order valence-electron chi connectivity index (χ1n) is 22.7. The van der Waals surface area contributed by atoms with Crippen molar-refractivity contribution in [2.75, 3.05) is 41.1 Å². The maximum absolute atomic E-state index is 14.6. The number of oxime groups is 1. The van der Waals surface area contributed by atoms with Crippen LogP contribution in [0, 0.1) is 27.9 Å². The van der Waals surface area contributed by atoms with E-state index in [0.29, 0.717) is 64.7 Å². The van der Waals surface area contributed by atoms with Crippen molar-refractivity contribution in [2.24, 2.45) is 22.9 Å². The highest BCUT2D eigenvalue weighted by Crippen LogP contribution is 2.62. The molecule has 0 radical (unpaired) electrons. The van der Waals surface area contributed by atoms with E-state index in [4.69, 9.17) is 33.7 Å². The van der Waals surface area contributed by atoms with E-state index < -0.39 is 22.7 Å². The van der Waals surface area contributed by atoms with Crippen LogP contribution in [0.4, 0.5) is 5.69 Å². The third-order valence-electron chi connectivity index (χ3n) is 13.1. The number of allylic oxidation sites excluding steroid dienone is 1. The quantitative estimate of drug-likeness (QED) is 0.0237. The van der Waals surface area contributed by atoms with E-state index >= 15 is 0 Å². The Morgan fingerprint density at radius 1 is 0.940 bits per heavy atom. The number of methoxy groups -OCH3 is 2. The van der Waals surface area contributed by atoms with Gasteiger partial charge in [-0.15, -0.1) is 6.58 Å². The summed E-state index contributed by atoms with van der Waals surface area (Å²) in [5.74, 6) is -0.0776. The Bertz CT molecular complexity index is 2450. The molecule has 1 saturated carbocycles. The lowest BCUT2D eigenvalue weighted by atomic mass is 9.55. The van der Waals surface area contributed by atoms with E-state index in [0.717, 1.165) is 42.4 Å². The number of aliphatic hydroxyl groups excluding tert-OH is 2. The maximum atomic E-state index is 14.6. The summed E-state index contributed by atoms with van der Waals surface area (Å²) in [5, 5.41) is 36.2. The van der Waals surface area contributed by atoms with Gasteiger partial charge in [-0.05, 0) is 115 Å². The monoisotopic (exact) mass is 917 g/mol. The minimum atomic E-state index is -1.48. The van der Waals surface area contributed by atoms with Crippen LogP contribution in [0.3, 0.4) is 0 Å². The summed E-state index contributed by atoms with van der Waals surface area (Å²) in [7, 11) is 4.83. The molecule has 15 nitrogen and oxygen atoms in total. The number of benzene rings is 4. The molecule has 67 heavy (non-hydrogen) atoms. The van der Waals surface area contributed by atoms with E-state index in [9.17, 15) is 29.9 Å². The first kappa shape index (κ1) is 48.4. The number of aliphatic hydroxyl groups is 2. The minimum Gasteiger partial charge on any atom is -0.497 e. The van der Waals surface area contributed by atoms with Gasteiger partial charge in [0.2, 0.25) is 11.7 Å². The second-order valence-corrected chi connectivity index (χ2v) is 17.1. The van der Waals surface area contributed by atoms with Crippen molar-refractivity contribution < 1.29 is 53.2 Å². The molecule has 0 aromatic heterocycles. The Morgan fingerprint density at radius 3 is 2.39 bits per heavy atom. The van der Waals surface area contributed by atoms with Gasteiger partial charge in [-0.3, -0.25) is 19.7 Å². The number of fused-ring (bicyclic) bond motifs is 2. The summed E-state index contributed by atoms with van der Waals surface area (Å²) in [6.07, 6.45) is 9.07. The fourth-order valence-corrected chi connectivity index (χ4v) is 9.95. The first-order chi connectivity index (χ1) is 32.6. The number of nitrogens with zero attached hydrogens (tertiary/aromatic N) is 3. The van der Waals surface area contributed by atoms with Crippen LogP contribution >= 0.6 is 0 Å². The molecule has 2 aliphatic carbocycles. The maximum Gasteiger partial charge on any atom is 0.269 e. The SMILES string of the molecule is C=CCOC12Oc3ccc(Oc4ccc(OC)c(C=O)c4)cc3C3C(CCCCO)C(CCCCO)C=C(C(=NOCc4ccc([N+](=O)[O-])cc4)CC1N(C)C(=O)Cc1cccc(OC)c1)C32. The van der Waals surface area contributed by atoms with Crippen LogP contribution in [0.2, 0.25) is 0 Å². The van der Waals surface area contributed by atoms with E-state index in [1.54, 1.807) is 61.5 Å². The molecule has 1 aliphatic heterocycles. The molecule has 354 valence electrons. The van der Waals surface area contributed by atoms with Crippen LogP contribution < -0.4 is 18.9 Å². The molecule has 1 amide bonds. The zero-order valence-corrected chi connectivity index (χ0v) is 38.2.